The zero-order valence-electron chi connectivity index (χ0n) is 8.32. The van der Waals surface area contributed by atoms with Gasteiger partial charge in [-0.1, -0.05) is 0 Å². The Balaban J connectivity index is 2.16. The van der Waals surface area contributed by atoms with Crippen LogP contribution in [0.15, 0.2) is 18.2 Å². The Hall–Kier alpha value is -1.82. The smallest absolute Gasteiger partial charge is 0.163 e. The van der Waals surface area contributed by atoms with Crippen molar-refractivity contribution < 1.29 is 9.53 Å². The predicted octanol–water partition coefficient (Wildman–Crippen LogP) is 2.11. The topological polar surface area (TPSA) is 50.1 Å². The average molecular weight is 201 g/mol. The number of hydrogen-bond acceptors (Lipinski definition) is 3. The van der Waals surface area contributed by atoms with E-state index in [4.69, 9.17) is 10.00 Å². The number of nitrogens with zero attached hydrogens (tertiary/aromatic N) is 1. The van der Waals surface area contributed by atoms with Gasteiger partial charge in [-0.3, -0.25) is 4.79 Å². The van der Waals surface area contributed by atoms with E-state index in [2.05, 4.69) is 0 Å². The standard InChI is InChI=1S/C12H11NO2/c13-6-1-2-11(14)9-3-4-12-10(8-9)5-7-15-12/h3-4,8H,1-2,5,7H2. The maximum absolute atomic E-state index is 11.6. The fourth-order valence-electron chi connectivity index (χ4n) is 1.67. The van der Waals surface area contributed by atoms with Gasteiger partial charge in [-0.2, -0.15) is 5.26 Å². The molecule has 15 heavy (non-hydrogen) atoms. The van der Waals surface area contributed by atoms with E-state index in [1.54, 1.807) is 6.07 Å². The quantitative estimate of drug-likeness (QED) is 0.704. The van der Waals surface area contributed by atoms with Crippen LogP contribution in [0.2, 0.25) is 0 Å². The number of carbonyl (C=O) groups is 1. The zero-order valence-corrected chi connectivity index (χ0v) is 8.32. The van der Waals surface area contributed by atoms with Gasteiger partial charge in [0.1, 0.15) is 5.75 Å². The Kier molecular flexibility index (Phi) is 2.68. The first kappa shape index (κ1) is 9.72. The Morgan fingerprint density at radius 2 is 2.40 bits per heavy atom. The van der Waals surface area contributed by atoms with Gasteiger partial charge in [-0.25, -0.2) is 0 Å². The van der Waals surface area contributed by atoms with Crippen LogP contribution in [0.1, 0.15) is 28.8 Å². The number of benzene rings is 1. The molecule has 0 saturated carbocycles. The van der Waals surface area contributed by atoms with Crippen molar-refractivity contribution in [1.29, 1.82) is 5.26 Å². The highest BCUT2D eigenvalue weighted by molar-refractivity contribution is 5.96. The fraction of sp³-hybridized carbons (Fsp3) is 0.333. The van der Waals surface area contributed by atoms with Gasteiger partial charge >= 0.3 is 0 Å². The van der Waals surface area contributed by atoms with Gasteiger partial charge in [0.15, 0.2) is 5.78 Å². The molecular weight excluding hydrogens is 190 g/mol. The number of rotatable bonds is 3. The van der Waals surface area contributed by atoms with Gasteiger partial charge in [-0.05, 0) is 23.8 Å². The summed E-state index contributed by atoms with van der Waals surface area (Å²) in [5.41, 5.74) is 1.78. The van der Waals surface area contributed by atoms with E-state index >= 15 is 0 Å². The highest BCUT2D eigenvalue weighted by Gasteiger charge is 2.14. The lowest BCUT2D eigenvalue weighted by Crippen LogP contribution is -1.98. The van der Waals surface area contributed by atoms with Gasteiger partial charge in [0.25, 0.3) is 0 Å². The Morgan fingerprint density at radius 1 is 1.53 bits per heavy atom. The normalized spacial score (nSPS) is 12.7. The average Bonchev–Trinajstić information content (AvgIpc) is 2.72. The second-order valence-corrected chi connectivity index (χ2v) is 3.50. The molecule has 0 amide bonds. The summed E-state index contributed by atoms with van der Waals surface area (Å²) in [7, 11) is 0. The molecule has 76 valence electrons. The minimum absolute atomic E-state index is 0.0336. The number of Topliss-reactive ketones (excluding diaryl/α,β-unsaturated/α-hetero) is 1. The number of ether oxygens (including phenoxy) is 1. The fourth-order valence-corrected chi connectivity index (χ4v) is 1.67. The lowest BCUT2D eigenvalue weighted by Gasteiger charge is -2.01. The highest BCUT2D eigenvalue weighted by atomic mass is 16.5. The van der Waals surface area contributed by atoms with E-state index in [9.17, 15) is 4.79 Å². The van der Waals surface area contributed by atoms with Crippen molar-refractivity contribution in [3.05, 3.63) is 29.3 Å². The lowest BCUT2D eigenvalue weighted by molar-refractivity contribution is 0.0984. The Labute approximate surface area is 88.3 Å². The molecule has 0 radical (unpaired) electrons. The number of nitriles is 1. The summed E-state index contributed by atoms with van der Waals surface area (Å²) in [6, 6.07) is 7.46. The molecule has 3 nitrogen and oxygen atoms in total. The summed E-state index contributed by atoms with van der Waals surface area (Å²) in [4.78, 5) is 11.6. The van der Waals surface area contributed by atoms with Crippen LogP contribution in [0.5, 0.6) is 5.75 Å². The number of hydrogen-bond donors (Lipinski definition) is 0. The van der Waals surface area contributed by atoms with Crippen LogP contribution in [-0.2, 0) is 6.42 Å². The van der Waals surface area contributed by atoms with Crippen LogP contribution in [0.25, 0.3) is 0 Å². The van der Waals surface area contributed by atoms with Gasteiger partial charge in [0.2, 0.25) is 0 Å². The third-order valence-electron chi connectivity index (χ3n) is 2.48. The van der Waals surface area contributed by atoms with Crippen molar-refractivity contribution in [2.24, 2.45) is 0 Å². The molecule has 0 fully saturated rings. The van der Waals surface area contributed by atoms with Crippen LogP contribution in [0, 0.1) is 11.3 Å². The number of ketones is 1. The first-order valence-corrected chi connectivity index (χ1v) is 4.97. The summed E-state index contributed by atoms with van der Waals surface area (Å²) in [5, 5.41) is 8.39. The molecule has 1 aliphatic heterocycles. The van der Waals surface area contributed by atoms with Crippen molar-refractivity contribution in [2.45, 2.75) is 19.3 Å². The van der Waals surface area contributed by atoms with Crippen LogP contribution in [0.3, 0.4) is 0 Å². The maximum atomic E-state index is 11.6. The largest absolute Gasteiger partial charge is 0.493 e. The summed E-state index contributed by atoms with van der Waals surface area (Å²) in [5.74, 6) is 0.915. The van der Waals surface area contributed by atoms with E-state index < -0.39 is 0 Å². The van der Waals surface area contributed by atoms with Crippen LogP contribution in [-0.4, -0.2) is 12.4 Å². The van der Waals surface area contributed by atoms with E-state index in [1.165, 1.54) is 0 Å². The molecule has 0 N–H and O–H groups in total. The first-order valence-electron chi connectivity index (χ1n) is 4.97. The maximum Gasteiger partial charge on any atom is 0.163 e. The van der Waals surface area contributed by atoms with Gasteiger partial charge < -0.3 is 4.74 Å². The van der Waals surface area contributed by atoms with Crippen LogP contribution < -0.4 is 4.74 Å². The monoisotopic (exact) mass is 201 g/mol. The van der Waals surface area contributed by atoms with Gasteiger partial charge in [-0.15, -0.1) is 0 Å². The van der Waals surface area contributed by atoms with Gasteiger partial charge in [0, 0.05) is 24.8 Å². The molecular formula is C12H11NO2. The molecule has 3 heteroatoms. The molecule has 0 saturated heterocycles. The minimum Gasteiger partial charge on any atom is -0.493 e. The molecule has 2 rings (SSSR count). The number of carbonyl (C=O) groups excluding carboxylic acids is 1. The third kappa shape index (κ3) is 1.99. The summed E-state index contributed by atoms with van der Waals surface area (Å²) >= 11 is 0. The highest BCUT2D eigenvalue weighted by Crippen LogP contribution is 2.26. The molecule has 0 aliphatic carbocycles. The van der Waals surface area contributed by atoms with Crippen LogP contribution >= 0.6 is 0 Å². The molecule has 1 aromatic rings. The summed E-state index contributed by atoms with van der Waals surface area (Å²) in [6.07, 6.45) is 1.46. The van der Waals surface area contributed by atoms with Crippen molar-refractivity contribution in [3.63, 3.8) is 0 Å². The van der Waals surface area contributed by atoms with E-state index in [1.807, 2.05) is 18.2 Å². The second kappa shape index (κ2) is 4.14. The van der Waals surface area contributed by atoms with Crippen molar-refractivity contribution >= 4 is 5.78 Å². The molecule has 0 unspecified atom stereocenters. The molecule has 1 aromatic carbocycles. The zero-order chi connectivity index (χ0) is 10.7. The van der Waals surface area contributed by atoms with Crippen molar-refractivity contribution in [3.8, 4) is 11.8 Å². The van der Waals surface area contributed by atoms with E-state index in [0.717, 1.165) is 17.7 Å². The molecule has 0 bridgehead atoms. The second-order valence-electron chi connectivity index (χ2n) is 3.50. The Bertz CT molecular complexity index is 432. The Morgan fingerprint density at radius 3 is 3.20 bits per heavy atom. The first-order chi connectivity index (χ1) is 7.31. The molecule has 1 aliphatic rings. The van der Waals surface area contributed by atoms with Crippen molar-refractivity contribution in [2.75, 3.05) is 6.61 Å². The molecule has 1 heterocycles. The SMILES string of the molecule is N#CCCC(=O)c1ccc2c(c1)CCO2. The predicted molar refractivity (Wildman–Crippen MR) is 54.8 cm³/mol. The van der Waals surface area contributed by atoms with Crippen LogP contribution in [0.4, 0.5) is 0 Å². The molecule has 0 atom stereocenters. The molecule has 0 spiro atoms. The number of fused-ring (bicyclic) bond motifs is 1. The third-order valence-corrected chi connectivity index (χ3v) is 2.48. The summed E-state index contributed by atoms with van der Waals surface area (Å²) in [6.45, 7) is 0.700. The summed E-state index contributed by atoms with van der Waals surface area (Å²) < 4.78 is 5.35. The lowest BCUT2D eigenvalue weighted by atomic mass is 10.0. The minimum atomic E-state index is 0.0336. The van der Waals surface area contributed by atoms with E-state index in [0.29, 0.717) is 18.6 Å². The van der Waals surface area contributed by atoms with Gasteiger partial charge in [0.05, 0.1) is 12.7 Å². The molecule has 0 aromatic heterocycles. The van der Waals surface area contributed by atoms with Crippen molar-refractivity contribution in [1.82, 2.24) is 0 Å². The van der Waals surface area contributed by atoms with E-state index in [-0.39, 0.29) is 12.2 Å².